The number of nitrogens with two attached hydrogens (primary N) is 1. The average Bonchev–Trinajstić information content (AvgIpc) is 2.70. The number of ether oxygens (including phenoxy) is 1. The lowest BCUT2D eigenvalue weighted by Gasteiger charge is -2.17. The molecule has 0 saturated heterocycles. The van der Waals surface area contributed by atoms with Crippen LogP contribution in [0.15, 0.2) is 54.6 Å². The van der Waals surface area contributed by atoms with Gasteiger partial charge in [0.05, 0.1) is 25.3 Å². The van der Waals surface area contributed by atoms with Crippen molar-refractivity contribution < 1.29 is 14.3 Å². The first-order valence-corrected chi connectivity index (χ1v) is 8.01. The Morgan fingerprint density at radius 3 is 2.59 bits per heavy atom. The molecule has 1 unspecified atom stereocenters. The van der Waals surface area contributed by atoms with E-state index in [4.69, 9.17) is 15.9 Å². The Kier molecular flexibility index (Phi) is 7.00. The minimum atomic E-state index is -0.596. The average molecular weight is 368 g/mol. The van der Waals surface area contributed by atoms with Gasteiger partial charge in [-0.1, -0.05) is 30.3 Å². The number of anilines is 1. The van der Waals surface area contributed by atoms with E-state index in [2.05, 4.69) is 20.6 Å². The number of amides is 1. The molecule has 140 valence electrons. The predicted molar refractivity (Wildman–Crippen MR) is 99.7 cm³/mol. The topological polar surface area (TPSA) is 143 Å². The van der Waals surface area contributed by atoms with Crippen LogP contribution in [-0.2, 0) is 9.53 Å². The molecule has 9 nitrogen and oxygen atoms in total. The van der Waals surface area contributed by atoms with E-state index < -0.39 is 17.9 Å². The number of hydrogen-bond acceptors (Lipinski definition) is 8. The molecule has 0 saturated carbocycles. The monoisotopic (exact) mass is 368 g/mol. The molecule has 0 aliphatic heterocycles. The molecular formula is C18H20N6O3. The summed E-state index contributed by atoms with van der Waals surface area (Å²) in [6.45, 7) is 0. The van der Waals surface area contributed by atoms with Crippen LogP contribution in [0.2, 0.25) is 0 Å². The lowest BCUT2D eigenvalue weighted by atomic mass is 10.0. The third kappa shape index (κ3) is 5.63. The molecule has 2 aromatic rings. The largest absolute Gasteiger partial charge is 0.469 e. The Labute approximate surface area is 156 Å². The number of aromatic nitrogens is 2. The van der Waals surface area contributed by atoms with Crippen LogP contribution in [0.4, 0.5) is 5.82 Å². The molecule has 0 fully saturated rings. The van der Waals surface area contributed by atoms with Gasteiger partial charge < -0.3 is 26.5 Å². The smallest absolute Gasteiger partial charge is 0.307 e. The first kappa shape index (κ1) is 19.6. The summed E-state index contributed by atoms with van der Waals surface area (Å²) >= 11 is 0. The van der Waals surface area contributed by atoms with Crippen LogP contribution >= 0.6 is 0 Å². The molecular weight excluding hydrogens is 348 g/mol. The van der Waals surface area contributed by atoms with Crippen molar-refractivity contribution in [1.29, 1.82) is 5.41 Å². The number of benzene rings is 1. The van der Waals surface area contributed by atoms with E-state index in [1.165, 1.54) is 25.7 Å². The second kappa shape index (κ2) is 9.66. The highest BCUT2D eigenvalue weighted by atomic mass is 16.5. The van der Waals surface area contributed by atoms with E-state index in [1.54, 1.807) is 0 Å². The zero-order valence-electron chi connectivity index (χ0n) is 14.7. The Balaban J connectivity index is 2.14. The number of esters is 1. The van der Waals surface area contributed by atoms with E-state index in [0.29, 0.717) is 0 Å². The molecule has 1 aromatic carbocycles. The Morgan fingerprint density at radius 2 is 1.96 bits per heavy atom. The first-order chi connectivity index (χ1) is 13.0. The summed E-state index contributed by atoms with van der Waals surface area (Å²) in [7, 11) is 1.31. The number of rotatable bonds is 8. The summed E-state index contributed by atoms with van der Waals surface area (Å²) < 4.78 is 4.73. The van der Waals surface area contributed by atoms with Gasteiger partial charge in [0.2, 0.25) is 0 Å². The molecule has 0 spiro atoms. The van der Waals surface area contributed by atoms with E-state index >= 15 is 0 Å². The molecule has 0 bridgehead atoms. The minimum Gasteiger partial charge on any atom is -0.469 e. The van der Waals surface area contributed by atoms with Gasteiger partial charge in [-0.15, -0.1) is 0 Å². The summed E-state index contributed by atoms with van der Waals surface area (Å²) in [5, 5.41) is 13.0. The van der Waals surface area contributed by atoms with Gasteiger partial charge in [0.25, 0.3) is 5.91 Å². The highest BCUT2D eigenvalue weighted by Gasteiger charge is 2.16. The van der Waals surface area contributed by atoms with Gasteiger partial charge in [-0.2, -0.15) is 0 Å². The normalized spacial score (nSPS) is 12.0. The van der Waals surface area contributed by atoms with Gasteiger partial charge in [-0.3, -0.25) is 9.59 Å². The molecule has 5 N–H and O–H groups in total. The third-order valence-corrected chi connectivity index (χ3v) is 3.60. The van der Waals surface area contributed by atoms with Gasteiger partial charge in [0.15, 0.2) is 11.5 Å². The van der Waals surface area contributed by atoms with Crippen molar-refractivity contribution in [3.8, 4) is 0 Å². The fourth-order valence-corrected chi connectivity index (χ4v) is 2.23. The molecule has 9 heteroatoms. The van der Waals surface area contributed by atoms with Gasteiger partial charge in [0, 0.05) is 24.8 Å². The van der Waals surface area contributed by atoms with Crippen molar-refractivity contribution >= 4 is 23.9 Å². The summed E-state index contributed by atoms with van der Waals surface area (Å²) in [5.41, 5.74) is 6.60. The molecule has 2 rings (SSSR count). The maximum Gasteiger partial charge on any atom is 0.307 e. The zero-order chi connectivity index (χ0) is 19.6. The number of nitrogen functional groups attached to an aromatic ring is 1. The van der Waals surface area contributed by atoms with Crippen LogP contribution in [0.5, 0.6) is 0 Å². The number of carbonyl (C=O) groups is 2. The number of hydrogen-bond donors (Lipinski definition) is 4. The fraction of sp³-hybridized carbons (Fsp3) is 0.167. The van der Waals surface area contributed by atoms with Crippen molar-refractivity contribution in [3.63, 3.8) is 0 Å². The fourth-order valence-electron chi connectivity index (χ4n) is 2.23. The number of allylic oxidation sites excluding steroid dienone is 1. The van der Waals surface area contributed by atoms with Crippen LogP contribution < -0.4 is 16.4 Å². The van der Waals surface area contributed by atoms with Gasteiger partial charge in [-0.25, -0.2) is 9.97 Å². The molecule has 0 aliphatic rings. The van der Waals surface area contributed by atoms with Crippen molar-refractivity contribution in [1.82, 2.24) is 20.6 Å². The number of methoxy groups -OCH3 is 1. The minimum absolute atomic E-state index is 0.0138. The Bertz CT molecular complexity index is 838. The summed E-state index contributed by atoms with van der Waals surface area (Å²) in [6, 6.07) is 8.88. The quantitative estimate of drug-likeness (QED) is 0.404. The van der Waals surface area contributed by atoms with Crippen LogP contribution in [0.25, 0.3) is 0 Å². The molecule has 27 heavy (non-hydrogen) atoms. The molecule has 0 aliphatic carbocycles. The second-order valence-electron chi connectivity index (χ2n) is 5.40. The molecule has 1 amide bonds. The van der Waals surface area contributed by atoms with Crippen LogP contribution in [0.3, 0.4) is 0 Å². The molecule has 1 atom stereocenters. The van der Waals surface area contributed by atoms with Crippen molar-refractivity contribution in [2.75, 3.05) is 12.8 Å². The zero-order valence-corrected chi connectivity index (χ0v) is 14.7. The van der Waals surface area contributed by atoms with E-state index in [-0.39, 0.29) is 23.6 Å². The van der Waals surface area contributed by atoms with E-state index in [9.17, 15) is 9.59 Å². The van der Waals surface area contributed by atoms with Crippen molar-refractivity contribution in [2.24, 2.45) is 0 Å². The summed E-state index contributed by atoms with van der Waals surface area (Å²) in [5.74, 6) is -1.00. The standard InChI is InChI=1S/C18H20N6O3/c1-27-15(25)9-14(12-5-3-2-4-6-12)23-11-13(10-19)24-18(26)16-17(20)22-8-7-21-16/h2-8,10-11,14,19,23H,9H2,1H3,(H2,20,22)(H,24,26)/b13-11+,19-10?. The second-order valence-corrected chi connectivity index (χ2v) is 5.40. The highest BCUT2D eigenvalue weighted by molar-refractivity contribution is 5.99. The van der Waals surface area contributed by atoms with Crippen LogP contribution in [0, 0.1) is 5.41 Å². The third-order valence-electron chi connectivity index (χ3n) is 3.60. The summed E-state index contributed by atoms with van der Waals surface area (Å²) in [6.07, 6.45) is 5.18. The lowest BCUT2D eigenvalue weighted by molar-refractivity contribution is -0.141. The van der Waals surface area contributed by atoms with Gasteiger partial charge in [-0.05, 0) is 5.56 Å². The summed E-state index contributed by atoms with van der Waals surface area (Å²) in [4.78, 5) is 31.6. The van der Waals surface area contributed by atoms with Gasteiger partial charge >= 0.3 is 5.97 Å². The van der Waals surface area contributed by atoms with E-state index in [0.717, 1.165) is 11.8 Å². The maximum absolute atomic E-state index is 12.2. The molecule has 1 aromatic heterocycles. The highest BCUT2D eigenvalue weighted by Crippen LogP contribution is 2.17. The molecule has 0 radical (unpaired) electrons. The predicted octanol–water partition coefficient (Wildman–Crippen LogP) is 1.17. The molecule has 1 heterocycles. The van der Waals surface area contributed by atoms with Crippen LogP contribution in [0.1, 0.15) is 28.5 Å². The number of carbonyl (C=O) groups excluding carboxylic acids is 2. The number of nitrogens with one attached hydrogen (secondary N) is 3. The SMILES string of the molecule is COC(=O)CC(N/C=C(\C=N)NC(=O)c1nccnc1N)c1ccccc1. The van der Waals surface area contributed by atoms with Crippen molar-refractivity contribution in [2.45, 2.75) is 12.5 Å². The first-order valence-electron chi connectivity index (χ1n) is 8.01. The Morgan fingerprint density at radius 1 is 1.26 bits per heavy atom. The van der Waals surface area contributed by atoms with Gasteiger partial charge in [0.1, 0.15) is 0 Å². The maximum atomic E-state index is 12.2. The van der Waals surface area contributed by atoms with E-state index in [1.807, 2.05) is 30.3 Å². The van der Waals surface area contributed by atoms with Crippen molar-refractivity contribution in [3.05, 3.63) is 65.9 Å². The lowest BCUT2D eigenvalue weighted by Crippen LogP contribution is -2.28. The number of nitrogens with zero attached hydrogens (tertiary/aromatic N) is 2. The Hall–Kier alpha value is -3.75. The van der Waals surface area contributed by atoms with Crippen LogP contribution in [-0.4, -0.2) is 35.2 Å².